The molecular formula is C29H42O4. The number of rotatable bonds is 4. The highest BCUT2D eigenvalue weighted by molar-refractivity contribution is 5.38. The predicted octanol–water partition coefficient (Wildman–Crippen LogP) is 4.70. The fraction of sp³-hybridized carbons (Fsp3) is 0.724. The lowest BCUT2D eigenvalue weighted by molar-refractivity contribution is 0.0482. The third-order valence-corrected chi connectivity index (χ3v) is 8.85. The van der Waals surface area contributed by atoms with Gasteiger partial charge in [-0.1, -0.05) is 44.1 Å². The second kappa shape index (κ2) is 9.34. The predicted molar refractivity (Wildman–Crippen MR) is 131 cm³/mol. The second-order valence-electron chi connectivity index (χ2n) is 11.8. The SMILES string of the molecule is C=C1/C(=C/C=C2\CCC[C@]3(C)[C@@H]([C@H](C)CC#CC4OC4C(C)(C)O)CC[C@@H]23)C[C@@H](O)C[C@@H]1O. The van der Waals surface area contributed by atoms with Crippen molar-refractivity contribution in [3.8, 4) is 11.8 Å². The molecule has 182 valence electrons. The minimum absolute atomic E-state index is 0.118. The Morgan fingerprint density at radius 1 is 1.27 bits per heavy atom. The van der Waals surface area contributed by atoms with E-state index in [1.165, 1.54) is 31.3 Å². The molecule has 3 saturated carbocycles. The highest BCUT2D eigenvalue weighted by atomic mass is 16.6. The molecular weight excluding hydrogens is 412 g/mol. The van der Waals surface area contributed by atoms with Gasteiger partial charge in [0.15, 0.2) is 0 Å². The highest BCUT2D eigenvalue weighted by Gasteiger charge is 2.51. The van der Waals surface area contributed by atoms with E-state index < -0.39 is 17.8 Å². The number of epoxide rings is 1. The van der Waals surface area contributed by atoms with Crippen molar-refractivity contribution in [1.29, 1.82) is 0 Å². The lowest BCUT2D eigenvalue weighted by Gasteiger charge is -2.44. The van der Waals surface area contributed by atoms with Crippen molar-refractivity contribution in [2.24, 2.45) is 23.2 Å². The molecule has 0 aromatic heterocycles. The first-order valence-electron chi connectivity index (χ1n) is 12.8. The van der Waals surface area contributed by atoms with Gasteiger partial charge in [0.1, 0.15) is 12.2 Å². The zero-order valence-electron chi connectivity index (χ0n) is 20.8. The van der Waals surface area contributed by atoms with Gasteiger partial charge in [-0.2, -0.15) is 0 Å². The molecule has 4 fully saturated rings. The van der Waals surface area contributed by atoms with Crippen molar-refractivity contribution in [2.75, 3.05) is 0 Å². The largest absolute Gasteiger partial charge is 0.393 e. The first kappa shape index (κ1) is 24.7. The molecule has 0 aromatic rings. The van der Waals surface area contributed by atoms with Crippen LogP contribution in [-0.2, 0) is 4.74 Å². The molecule has 0 bridgehead atoms. The molecule has 1 heterocycles. The molecule has 0 spiro atoms. The molecule has 1 saturated heterocycles. The van der Waals surface area contributed by atoms with Crippen LogP contribution in [0.3, 0.4) is 0 Å². The lowest BCUT2D eigenvalue weighted by Crippen LogP contribution is -2.35. The smallest absolute Gasteiger partial charge is 0.147 e. The first-order valence-corrected chi connectivity index (χ1v) is 12.8. The van der Waals surface area contributed by atoms with Gasteiger partial charge in [-0.15, -0.1) is 5.92 Å². The van der Waals surface area contributed by atoms with Crippen LogP contribution in [0.15, 0.2) is 35.5 Å². The van der Waals surface area contributed by atoms with Gasteiger partial charge in [0, 0.05) is 12.8 Å². The van der Waals surface area contributed by atoms with Gasteiger partial charge < -0.3 is 20.1 Å². The summed E-state index contributed by atoms with van der Waals surface area (Å²) in [5.74, 6) is 8.39. The zero-order chi connectivity index (χ0) is 24.0. The summed E-state index contributed by atoms with van der Waals surface area (Å²) in [6.07, 6.45) is 11.0. The molecule has 0 amide bonds. The van der Waals surface area contributed by atoms with Crippen molar-refractivity contribution in [2.45, 2.75) is 109 Å². The lowest BCUT2D eigenvalue weighted by atomic mass is 9.61. The van der Waals surface area contributed by atoms with E-state index in [-0.39, 0.29) is 12.2 Å². The molecule has 0 aromatic carbocycles. The van der Waals surface area contributed by atoms with Crippen LogP contribution in [0.4, 0.5) is 0 Å². The van der Waals surface area contributed by atoms with E-state index in [9.17, 15) is 15.3 Å². The first-order chi connectivity index (χ1) is 15.5. The third kappa shape index (κ3) is 5.17. The monoisotopic (exact) mass is 454 g/mol. The molecule has 4 rings (SSSR count). The van der Waals surface area contributed by atoms with Crippen molar-refractivity contribution < 1.29 is 20.1 Å². The molecule has 4 heteroatoms. The Hall–Kier alpha value is -1.38. The van der Waals surface area contributed by atoms with E-state index in [2.05, 4.69) is 44.4 Å². The summed E-state index contributed by atoms with van der Waals surface area (Å²) >= 11 is 0. The van der Waals surface area contributed by atoms with Crippen LogP contribution in [0.25, 0.3) is 0 Å². The Morgan fingerprint density at radius 2 is 2.03 bits per heavy atom. The number of aliphatic hydroxyl groups is 3. The topological polar surface area (TPSA) is 73.2 Å². The van der Waals surface area contributed by atoms with Crippen LogP contribution >= 0.6 is 0 Å². The summed E-state index contributed by atoms with van der Waals surface area (Å²) < 4.78 is 5.53. The fourth-order valence-electron chi connectivity index (χ4n) is 6.90. The van der Waals surface area contributed by atoms with Gasteiger partial charge in [-0.25, -0.2) is 0 Å². The highest BCUT2D eigenvalue weighted by Crippen LogP contribution is 2.59. The molecule has 33 heavy (non-hydrogen) atoms. The number of hydrogen-bond donors (Lipinski definition) is 3. The van der Waals surface area contributed by atoms with Crippen molar-refractivity contribution in [3.05, 3.63) is 35.5 Å². The Balaban J connectivity index is 1.42. The summed E-state index contributed by atoms with van der Waals surface area (Å²) in [6.45, 7) is 12.5. The third-order valence-electron chi connectivity index (χ3n) is 8.85. The molecule has 1 aliphatic heterocycles. The van der Waals surface area contributed by atoms with Gasteiger partial charge in [0.25, 0.3) is 0 Å². The average molecular weight is 455 g/mol. The van der Waals surface area contributed by atoms with Crippen LogP contribution < -0.4 is 0 Å². The number of hydrogen-bond acceptors (Lipinski definition) is 4. The van der Waals surface area contributed by atoms with Crippen LogP contribution in [0, 0.1) is 35.0 Å². The summed E-state index contributed by atoms with van der Waals surface area (Å²) in [5.41, 5.74) is 2.76. The minimum atomic E-state index is -0.822. The number of allylic oxidation sites excluding steroid dienone is 3. The van der Waals surface area contributed by atoms with E-state index in [1.54, 1.807) is 13.8 Å². The molecule has 3 aliphatic carbocycles. The fourth-order valence-corrected chi connectivity index (χ4v) is 6.90. The van der Waals surface area contributed by atoms with Gasteiger partial charge >= 0.3 is 0 Å². The average Bonchev–Trinajstić information content (AvgIpc) is 3.43. The molecule has 4 aliphatic rings. The number of fused-ring (bicyclic) bond motifs is 1. The second-order valence-corrected chi connectivity index (χ2v) is 11.8. The maximum absolute atomic E-state index is 10.2. The maximum atomic E-state index is 10.2. The van der Waals surface area contributed by atoms with Crippen LogP contribution in [0.5, 0.6) is 0 Å². The minimum Gasteiger partial charge on any atom is -0.393 e. The molecule has 4 nitrogen and oxygen atoms in total. The normalized spacial score (nSPS) is 42.1. The van der Waals surface area contributed by atoms with E-state index in [0.717, 1.165) is 24.0 Å². The molecule has 8 atom stereocenters. The van der Waals surface area contributed by atoms with Gasteiger partial charge in [0.05, 0.1) is 17.8 Å². The quantitative estimate of drug-likeness (QED) is 0.425. The summed E-state index contributed by atoms with van der Waals surface area (Å²) in [4.78, 5) is 0. The molecule has 2 unspecified atom stereocenters. The van der Waals surface area contributed by atoms with Crippen molar-refractivity contribution >= 4 is 0 Å². The van der Waals surface area contributed by atoms with Crippen LogP contribution in [0.2, 0.25) is 0 Å². The Labute approximate surface area is 199 Å². The molecule has 0 radical (unpaired) electrons. The number of ether oxygens (including phenoxy) is 1. The Kier molecular flexibility index (Phi) is 7.00. The van der Waals surface area contributed by atoms with E-state index >= 15 is 0 Å². The van der Waals surface area contributed by atoms with E-state index in [1.807, 2.05) is 0 Å². The summed E-state index contributed by atoms with van der Waals surface area (Å²) in [7, 11) is 0. The van der Waals surface area contributed by atoms with Gasteiger partial charge in [-0.3, -0.25) is 0 Å². The summed E-state index contributed by atoms with van der Waals surface area (Å²) in [6, 6.07) is 0. The maximum Gasteiger partial charge on any atom is 0.147 e. The summed E-state index contributed by atoms with van der Waals surface area (Å²) in [5, 5.41) is 30.2. The zero-order valence-corrected chi connectivity index (χ0v) is 20.8. The number of aliphatic hydroxyl groups excluding tert-OH is 2. The van der Waals surface area contributed by atoms with Gasteiger partial charge in [0.2, 0.25) is 0 Å². The van der Waals surface area contributed by atoms with Crippen molar-refractivity contribution in [1.82, 2.24) is 0 Å². The van der Waals surface area contributed by atoms with Crippen LogP contribution in [-0.4, -0.2) is 45.3 Å². The Bertz CT molecular complexity index is 882. The van der Waals surface area contributed by atoms with Gasteiger partial charge in [-0.05, 0) is 86.7 Å². The standard InChI is InChI=1S/C29H42O4/c1-18(8-6-10-26-27(33-26)28(3,4)32)23-13-14-24-20(9-7-15-29(23,24)5)11-12-21-16-22(30)17-25(31)19(21)2/h11-12,18,22-27,30-32H,2,7-9,13-17H2,1,3-5H3/b20-11+,21-12+/t18-,22-,23-,24+,25+,26?,27?,29-/m1/s1. The Morgan fingerprint density at radius 3 is 2.73 bits per heavy atom. The van der Waals surface area contributed by atoms with Crippen molar-refractivity contribution in [3.63, 3.8) is 0 Å². The van der Waals surface area contributed by atoms with Crippen LogP contribution in [0.1, 0.15) is 79.1 Å². The molecule has 3 N–H and O–H groups in total. The van der Waals surface area contributed by atoms with E-state index in [0.29, 0.717) is 36.0 Å². The van der Waals surface area contributed by atoms with E-state index in [4.69, 9.17) is 4.74 Å².